The Morgan fingerprint density at radius 1 is 1.04 bits per heavy atom. The number of fused-ring (bicyclic) bond motifs is 2. The zero-order chi connectivity index (χ0) is 15.6. The van der Waals surface area contributed by atoms with Gasteiger partial charge >= 0.3 is 0 Å². The number of rotatable bonds is 2. The first-order chi connectivity index (χ1) is 11.3. The molecule has 0 spiro atoms. The topological polar surface area (TPSA) is 54.9 Å². The molecule has 1 atom stereocenters. The molecule has 23 heavy (non-hydrogen) atoms. The van der Waals surface area contributed by atoms with Crippen LogP contribution in [0.2, 0.25) is 0 Å². The predicted molar refractivity (Wildman–Crippen MR) is 89.1 cm³/mol. The van der Waals surface area contributed by atoms with E-state index in [9.17, 15) is 4.79 Å². The van der Waals surface area contributed by atoms with Crippen LogP contribution in [0.5, 0.6) is 0 Å². The Hall–Kier alpha value is -2.75. The van der Waals surface area contributed by atoms with Gasteiger partial charge in [-0.1, -0.05) is 24.3 Å². The number of hydrogen-bond donors (Lipinski definition) is 1. The Morgan fingerprint density at radius 2 is 1.87 bits per heavy atom. The molecule has 3 aromatic rings. The minimum Gasteiger partial charge on any atom is -0.345 e. The third kappa shape index (κ3) is 2.68. The summed E-state index contributed by atoms with van der Waals surface area (Å²) in [6, 6.07) is 13.9. The summed E-state index contributed by atoms with van der Waals surface area (Å²) >= 11 is 0. The fourth-order valence-corrected chi connectivity index (χ4v) is 3.25. The van der Waals surface area contributed by atoms with Gasteiger partial charge in [0.15, 0.2) is 0 Å². The molecular formula is C19H17N3O. The first-order valence-electron chi connectivity index (χ1n) is 7.91. The van der Waals surface area contributed by atoms with Crippen LogP contribution in [0.4, 0.5) is 0 Å². The van der Waals surface area contributed by atoms with Crippen molar-refractivity contribution in [2.45, 2.75) is 25.3 Å². The Morgan fingerprint density at radius 3 is 2.78 bits per heavy atom. The molecule has 1 aromatic heterocycles. The molecule has 114 valence electrons. The molecule has 1 amide bonds. The number of benzene rings is 2. The Bertz CT molecular complexity index is 875. The van der Waals surface area contributed by atoms with Crippen LogP contribution in [-0.4, -0.2) is 15.9 Å². The quantitative estimate of drug-likeness (QED) is 0.789. The lowest BCUT2D eigenvalue weighted by atomic mass is 9.87. The third-order valence-corrected chi connectivity index (χ3v) is 4.41. The van der Waals surface area contributed by atoms with E-state index >= 15 is 0 Å². The minimum atomic E-state index is -0.0562. The lowest BCUT2D eigenvalue weighted by Crippen LogP contribution is -2.30. The number of aromatic nitrogens is 2. The number of aryl methyl sites for hydroxylation is 1. The molecule has 0 saturated heterocycles. The van der Waals surface area contributed by atoms with E-state index in [1.807, 2.05) is 12.1 Å². The summed E-state index contributed by atoms with van der Waals surface area (Å²) in [5.74, 6) is -0.0562. The van der Waals surface area contributed by atoms with Crippen LogP contribution >= 0.6 is 0 Å². The Labute approximate surface area is 134 Å². The first kappa shape index (κ1) is 13.9. The zero-order valence-corrected chi connectivity index (χ0v) is 12.7. The van der Waals surface area contributed by atoms with Crippen LogP contribution in [0.15, 0.2) is 54.9 Å². The fourth-order valence-electron chi connectivity index (χ4n) is 3.25. The van der Waals surface area contributed by atoms with Crippen LogP contribution in [0.3, 0.4) is 0 Å². The molecule has 0 radical (unpaired) electrons. The van der Waals surface area contributed by atoms with Crippen molar-refractivity contribution in [3.8, 4) is 0 Å². The Kier molecular flexibility index (Phi) is 3.50. The average molecular weight is 303 g/mol. The van der Waals surface area contributed by atoms with Gasteiger partial charge in [0.25, 0.3) is 5.91 Å². The molecule has 4 rings (SSSR count). The van der Waals surface area contributed by atoms with E-state index in [0.29, 0.717) is 5.56 Å². The maximum atomic E-state index is 12.6. The standard InChI is InChI=1S/C19H17N3O/c23-19(14-8-9-17-18(12-14)21-11-10-20-17)22-16-7-3-5-13-4-1-2-6-15(13)16/h1-2,4,6,8-12,16H,3,5,7H2,(H,22,23)/t16-/m0/s1. The van der Waals surface area contributed by atoms with E-state index in [2.05, 4.69) is 33.5 Å². The van der Waals surface area contributed by atoms with Crippen molar-refractivity contribution in [2.75, 3.05) is 0 Å². The second kappa shape index (κ2) is 5.80. The summed E-state index contributed by atoms with van der Waals surface area (Å²) in [5.41, 5.74) is 4.75. The lowest BCUT2D eigenvalue weighted by molar-refractivity contribution is 0.0933. The number of carbonyl (C=O) groups excluding carboxylic acids is 1. The molecular weight excluding hydrogens is 286 g/mol. The summed E-state index contributed by atoms with van der Waals surface area (Å²) in [6.07, 6.45) is 6.47. The van der Waals surface area contributed by atoms with Gasteiger partial charge < -0.3 is 5.32 Å². The van der Waals surface area contributed by atoms with Crippen molar-refractivity contribution in [3.63, 3.8) is 0 Å². The second-order valence-electron chi connectivity index (χ2n) is 5.88. The minimum absolute atomic E-state index is 0.0562. The van der Waals surface area contributed by atoms with Gasteiger partial charge in [0.1, 0.15) is 0 Å². The van der Waals surface area contributed by atoms with Crippen molar-refractivity contribution in [2.24, 2.45) is 0 Å². The van der Waals surface area contributed by atoms with Gasteiger partial charge in [-0.15, -0.1) is 0 Å². The SMILES string of the molecule is O=C(N[C@H]1CCCc2ccccc21)c1ccc2nccnc2c1. The summed E-state index contributed by atoms with van der Waals surface area (Å²) in [7, 11) is 0. The van der Waals surface area contributed by atoms with Crippen molar-refractivity contribution < 1.29 is 4.79 Å². The molecule has 0 saturated carbocycles. The van der Waals surface area contributed by atoms with E-state index in [0.717, 1.165) is 30.3 Å². The highest BCUT2D eigenvalue weighted by Gasteiger charge is 2.21. The van der Waals surface area contributed by atoms with Crippen LogP contribution in [0, 0.1) is 0 Å². The monoisotopic (exact) mass is 303 g/mol. The van der Waals surface area contributed by atoms with Gasteiger partial charge in [0.2, 0.25) is 0 Å². The van der Waals surface area contributed by atoms with E-state index in [4.69, 9.17) is 0 Å². The number of nitrogens with zero attached hydrogens (tertiary/aromatic N) is 2. The molecule has 0 aliphatic heterocycles. The van der Waals surface area contributed by atoms with Gasteiger partial charge in [-0.05, 0) is 48.6 Å². The zero-order valence-electron chi connectivity index (χ0n) is 12.7. The van der Waals surface area contributed by atoms with Crippen LogP contribution in [-0.2, 0) is 6.42 Å². The molecule has 4 nitrogen and oxygen atoms in total. The van der Waals surface area contributed by atoms with Crippen LogP contribution in [0.25, 0.3) is 11.0 Å². The van der Waals surface area contributed by atoms with Gasteiger partial charge in [-0.3, -0.25) is 14.8 Å². The molecule has 0 bridgehead atoms. The number of carbonyl (C=O) groups is 1. The summed E-state index contributed by atoms with van der Waals surface area (Å²) in [4.78, 5) is 21.1. The third-order valence-electron chi connectivity index (χ3n) is 4.41. The van der Waals surface area contributed by atoms with Gasteiger partial charge in [0.05, 0.1) is 17.1 Å². The maximum absolute atomic E-state index is 12.6. The number of hydrogen-bond acceptors (Lipinski definition) is 3. The van der Waals surface area contributed by atoms with E-state index < -0.39 is 0 Å². The molecule has 4 heteroatoms. The first-order valence-corrected chi connectivity index (χ1v) is 7.91. The normalized spacial score (nSPS) is 16.8. The number of amides is 1. The highest BCUT2D eigenvalue weighted by molar-refractivity contribution is 5.97. The van der Waals surface area contributed by atoms with Crippen molar-refractivity contribution in [1.29, 1.82) is 0 Å². The summed E-state index contributed by atoms with van der Waals surface area (Å²) < 4.78 is 0. The van der Waals surface area contributed by atoms with E-state index in [1.54, 1.807) is 24.5 Å². The fraction of sp³-hybridized carbons (Fsp3) is 0.211. The highest BCUT2D eigenvalue weighted by Crippen LogP contribution is 2.29. The van der Waals surface area contributed by atoms with Crippen molar-refractivity contribution >= 4 is 16.9 Å². The Balaban J connectivity index is 1.60. The maximum Gasteiger partial charge on any atom is 0.251 e. The molecule has 1 heterocycles. The smallest absolute Gasteiger partial charge is 0.251 e. The average Bonchev–Trinajstić information content (AvgIpc) is 2.61. The molecule has 0 unspecified atom stereocenters. The van der Waals surface area contributed by atoms with Crippen LogP contribution < -0.4 is 5.32 Å². The second-order valence-corrected chi connectivity index (χ2v) is 5.88. The predicted octanol–water partition coefficient (Wildman–Crippen LogP) is 3.44. The van der Waals surface area contributed by atoms with E-state index in [-0.39, 0.29) is 11.9 Å². The van der Waals surface area contributed by atoms with Gasteiger partial charge in [-0.25, -0.2) is 0 Å². The van der Waals surface area contributed by atoms with Crippen LogP contribution in [0.1, 0.15) is 40.4 Å². The molecule has 1 aliphatic rings. The lowest BCUT2D eigenvalue weighted by Gasteiger charge is -2.26. The largest absolute Gasteiger partial charge is 0.345 e. The van der Waals surface area contributed by atoms with Gasteiger partial charge in [0, 0.05) is 18.0 Å². The van der Waals surface area contributed by atoms with Crippen molar-refractivity contribution in [3.05, 3.63) is 71.5 Å². The number of nitrogens with one attached hydrogen (secondary N) is 1. The molecule has 2 aromatic carbocycles. The van der Waals surface area contributed by atoms with E-state index in [1.165, 1.54) is 11.1 Å². The molecule has 1 N–H and O–H groups in total. The highest BCUT2D eigenvalue weighted by atomic mass is 16.1. The molecule has 0 fully saturated rings. The summed E-state index contributed by atoms with van der Waals surface area (Å²) in [5, 5.41) is 3.17. The van der Waals surface area contributed by atoms with Crippen molar-refractivity contribution in [1.82, 2.24) is 15.3 Å². The van der Waals surface area contributed by atoms with Gasteiger partial charge in [-0.2, -0.15) is 0 Å². The summed E-state index contributed by atoms with van der Waals surface area (Å²) in [6.45, 7) is 0. The molecule has 1 aliphatic carbocycles.